The summed E-state index contributed by atoms with van der Waals surface area (Å²) in [7, 11) is 2.10. The molecule has 0 amide bonds. The van der Waals surface area contributed by atoms with E-state index in [1.807, 2.05) is 24.4 Å². The quantitative estimate of drug-likeness (QED) is 0.763. The van der Waals surface area contributed by atoms with E-state index in [4.69, 9.17) is 4.74 Å². The number of rotatable bonds is 2. The lowest BCUT2D eigenvalue weighted by Gasteiger charge is -2.36. The van der Waals surface area contributed by atoms with Crippen LogP contribution < -0.4 is 4.74 Å². The highest BCUT2D eigenvalue weighted by Gasteiger charge is 2.25. The van der Waals surface area contributed by atoms with Gasteiger partial charge in [0.05, 0.1) is 0 Å². The van der Waals surface area contributed by atoms with Gasteiger partial charge in [-0.15, -0.1) is 0 Å². The first-order chi connectivity index (χ1) is 7.83. The summed E-state index contributed by atoms with van der Waals surface area (Å²) in [5, 5.41) is 1.13. The summed E-state index contributed by atoms with van der Waals surface area (Å²) < 4.78 is 5.93. The highest BCUT2D eigenvalue weighted by Crippen LogP contribution is 2.25. The highest BCUT2D eigenvalue weighted by molar-refractivity contribution is 5.84. The van der Waals surface area contributed by atoms with Crippen molar-refractivity contribution >= 4 is 10.9 Å². The van der Waals surface area contributed by atoms with Gasteiger partial charge in [-0.2, -0.15) is 0 Å². The molecular formula is C13H14N2O. The predicted molar refractivity (Wildman–Crippen MR) is 63.7 cm³/mol. The van der Waals surface area contributed by atoms with Crippen LogP contribution in [0.1, 0.15) is 0 Å². The summed E-state index contributed by atoms with van der Waals surface area (Å²) in [6.07, 6.45) is 2.12. The average Bonchev–Trinajstić information content (AvgIpc) is 2.27. The fourth-order valence-corrected chi connectivity index (χ4v) is 2.07. The average molecular weight is 214 g/mol. The van der Waals surface area contributed by atoms with Crippen LogP contribution in [-0.4, -0.2) is 36.1 Å². The fraction of sp³-hybridized carbons (Fsp3) is 0.308. The molecule has 3 rings (SSSR count). The molecular weight excluding hydrogens is 200 g/mol. The van der Waals surface area contributed by atoms with Gasteiger partial charge < -0.3 is 4.74 Å². The van der Waals surface area contributed by atoms with Gasteiger partial charge in [-0.05, 0) is 19.2 Å². The van der Waals surface area contributed by atoms with Crippen molar-refractivity contribution in [2.75, 3.05) is 20.1 Å². The Labute approximate surface area is 94.7 Å². The highest BCUT2D eigenvalue weighted by atomic mass is 16.5. The molecule has 0 N–H and O–H groups in total. The summed E-state index contributed by atoms with van der Waals surface area (Å²) >= 11 is 0. The molecule has 0 radical (unpaired) electrons. The number of hydrogen-bond donors (Lipinski definition) is 0. The van der Waals surface area contributed by atoms with E-state index in [2.05, 4.69) is 29.1 Å². The van der Waals surface area contributed by atoms with Crippen LogP contribution in [0.5, 0.6) is 5.75 Å². The maximum atomic E-state index is 5.93. The van der Waals surface area contributed by atoms with Crippen LogP contribution >= 0.6 is 0 Å². The van der Waals surface area contributed by atoms with Crippen LogP contribution in [0.15, 0.2) is 36.5 Å². The molecule has 1 saturated heterocycles. The Morgan fingerprint density at radius 1 is 1.25 bits per heavy atom. The van der Waals surface area contributed by atoms with Crippen LogP contribution in [0.3, 0.4) is 0 Å². The molecule has 0 saturated carbocycles. The number of fused-ring (bicyclic) bond motifs is 1. The van der Waals surface area contributed by atoms with Gasteiger partial charge in [0, 0.05) is 24.7 Å². The van der Waals surface area contributed by atoms with Crippen molar-refractivity contribution in [1.82, 2.24) is 9.88 Å². The molecule has 2 aromatic rings. The van der Waals surface area contributed by atoms with Crippen molar-refractivity contribution in [3.8, 4) is 5.75 Å². The Hall–Kier alpha value is -1.61. The Bertz CT molecular complexity index is 501. The number of ether oxygens (including phenoxy) is 1. The molecule has 16 heavy (non-hydrogen) atoms. The van der Waals surface area contributed by atoms with Gasteiger partial charge in [-0.1, -0.05) is 18.2 Å². The second-order valence-electron chi connectivity index (χ2n) is 4.29. The topological polar surface area (TPSA) is 25.4 Å². The molecule has 2 heterocycles. The summed E-state index contributed by atoms with van der Waals surface area (Å²) in [5.41, 5.74) is 0.958. The lowest BCUT2D eigenvalue weighted by molar-refractivity contribution is 0.0398. The van der Waals surface area contributed by atoms with Crippen molar-refractivity contribution in [1.29, 1.82) is 0 Å². The monoisotopic (exact) mass is 214 g/mol. The smallest absolute Gasteiger partial charge is 0.146 e. The largest absolute Gasteiger partial charge is 0.485 e. The summed E-state index contributed by atoms with van der Waals surface area (Å²) in [6, 6.07) is 10.1. The molecule has 1 aromatic carbocycles. The first-order valence-electron chi connectivity index (χ1n) is 5.52. The summed E-state index contributed by atoms with van der Waals surface area (Å²) in [4.78, 5) is 6.61. The standard InChI is InChI=1S/C13H14N2O/c1-15-8-11(9-15)16-12-6-2-4-10-5-3-7-14-13(10)12/h2-7,11H,8-9H2,1H3. The van der Waals surface area contributed by atoms with Gasteiger partial charge in [0.25, 0.3) is 0 Å². The number of para-hydroxylation sites is 1. The SMILES string of the molecule is CN1CC(Oc2cccc3cccnc23)C1. The maximum absolute atomic E-state index is 5.93. The van der Waals surface area contributed by atoms with Gasteiger partial charge in [0.1, 0.15) is 17.4 Å². The third-order valence-electron chi connectivity index (χ3n) is 2.92. The second-order valence-corrected chi connectivity index (χ2v) is 4.29. The summed E-state index contributed by atoms with van der Waals surface area (Å²) in [6.45, 7) is 2.01. The van der Waals surface area contributed by atoms with E-state index in [0.29, 0.717) is 6.10 Å². The Morgan fingerprint density at radius 3 is 2.88 bits per heavy atom. The molecule has 1 aliphatic heterocycles. The molecule has 0 spiro atoms. The number of aromatic nitrogens is 1. The first kappa shape index (κ1) is 9.60. The molecule has 82 valence electrons. The van der Waals surface area contributed by atoms with E-state index in [9.17, 15) is 0 Å². The van der Waals surface area contributed by atoms with Crippen LogP contribution in [0, 0.1) is 0 Å². The second kappa shape index (κ2) is 3.76. The van der Waals surface area contributed by atoms with Crippen molar-refractivity contribution in [2.45, 2.75) is 6.10 Å². The minimum atomic E-state index is 0.317. The third-order valence-corrected chi connectivity index (χ3v) is 2.92. The Morgan fingerprint density at radius 2 is 2.06 bits per heavy atom. The molecule has 0 atom stereocenters. The molecule has 0 aliphatic carbocycles. The number of pyridine rings is 1. The van der Waals surface area contributed by atoms with E-state index < -0.39 is 0 Å². The molecule has 3 nitrogen and oxygen atoms in total. The normalized spacial score (nSPS) is 17.3. The molecule has 0 bridgehead atoms. The Kier molecular flexibility index (Phi) is 2.26. The minimum Gasteiger partial charge on any atom is -0.485 e. The third kappa shape index (κ3) is 1.63. The number of benzene rings is 1. The van der Waals surface area contributed by atoms with E-state index >= 15 is 0 Å². The van der Waals surface area contributed by atoms with Gasteiger partial charge in [0.15, 0.2) is 0 Å². The van der Waals surface area contributed by atoms with Crippen LogP contribution in [0.4, 0.5) is 0 Å². The first-order valence-corrected chi connectivity index (χ1v) is 5.52. The van der Waals surface area contributed by atoms with Gasteiger partial charge in [0.2, 0.25) is 0 Å². The zero-order valence-corrected chi connectivity index (χ0v) is 9.26. The number of hydrogen-bond acceptors (Lipinski definition) is 3. The summed E-state index contributed by atoms with van der Waals surface area (Å²) in [5.74, 6) is 0.899. The van der Waals surface area contributed by atoms with Gasteiger partial charge >= 0.3 is 0 Å². The van der Waals surface area contributed by atoms with E-state index in [0.717, 1.165) is 29.7 Å². The minimum absolute atomic E-state index is 0.317. The maximum Gasteiger partial charge on any atom is 0.146 e. The van der Waals surface area contributed by atoms with Crippen molar-refractivity contribution in [3.63, 3.8) is 0 Å². The van der Waals surface area contributed by atoms with E-state index in [1.165, 1.54) is 0 Å². The zero-order valence-electron chi connectivity index (χ0n) is 9.26. The molecule has 0 unspecified atom stereocenters. The lowest BCUT2D eigenvalue weighted by Crippen LogP contribution is -2.51. The van der Waals surface area contributed by atoms with Crippen molar-refractivity contribution in [3.05, 3.63) is 36.5 Å². The molecule has 1 fully saturated rings. The van der Waals surface area contributed by atoms with Crippen molar-refractivity contribution < 1.29 is 4.74 Å². The molecule has 3 heteroatoms. The van der Waals surface area contributed by atoms with Crippen LogP contribution in [-0.2, 0) is 0 Å². The molecule has 1 aliphatic rings. The Balaban J connectivity index is 1.91. The zero-order chi connectivity index (χ0) is 11.0. The lowest BCUT2D eigenvalue weighted by atomic mass is 10.1. The van der Waals surface area contributed by atoms with Gasteiger partial charge in [-0.25, -0.2) is 0 Å². The van der Waals surface area contributed by atoms with Crippen LogP contribution in [0.25, 0.3) is 10.9 Å². The number of likely N-dealkylation sites (tertiary alicyclic amines) is 1. The van der Waals surface area contributed by atoms with E-state index in [-0.39, 0.29) is 0 Å². The predicted octanol–water partition coefficient (Wildman–Crippen LogP) is 1.93. The van der Waals surface area contributed by atoms with Crippen LogP contribution in [0.2, 0.25) is 0 Å². The number of likely N-dealkylation sites (N-methyl/N-ethyl adjacent to an activating group) is 1. The number of nitrogens with zero attached hydrogens (tertiary/aromatic N) is 2. The van der Waals surface area contributed by atoms with E-state index in [1.54, 1.807) is 0 Å². The molecule has 1 aromatic heterocycles. The van der Waals surface area contributed by atoms with Gasteiger partial charge in [-0.3, -0.25) is 9.88 Å². The fourth-order valence-electron chi connectivity index (χ4n) is 2.07. The van der Waals surface area contributed by atoms with Crippen molar-refractivity contribution in [2.24, 2.45) is 0 Å².